The predicted octanol–water partition coefficient (Wildman–Crippen LogP) is 1.86. The summed E-state index contributed by atoms with van der Waals surface area (Å²) in [6.45, 7) is 1.86. The second-order valence-corrected chi connectivity index (χ2v) is 3.07. The number of rotatable bonds is 3. The number of halogens is 1. The Labute approximate surface area is 77.5 Å². The number of benzene rings is 1. The first-order valence-corrected chi connectivity index (χ1v) is 4.19. The van der Waals surface area contributed by atoms with Gasteiger partial charge >= 0.3 is 0 Å². The van der Waals surface area contributed by atoms with Crippen LogP contribution in [0.15, 0.2) is 24.3 Å². The number of hydrogen-bond donors (Lipinski definition) is 1. The van der Waals surface area contributed by atoms with Gasteiger partial charge in [-0.05, 0) is 24.6 Å². The van der Waals surface area contributed by atoms with E-state index in [9.17, 15) is 4.39 Å². The van der Waals surface area contributed by atoms with Crippen molar-refractivity contribution in [2.24, 2.45) is 5.73 Å². The van der Waals surface area contributed by atoms with E-state index >= 15 is 0 Å². The van der Waals surface area contributed by atoms with Crippen molar-refractivity contribution in [1.82, 2.24) is 0 Å². The minimum Gasteiger partial charge on any atom is -0.375 e. The fraction of sp³-hybridized carbons (Fsp3) is 0.400. The molecule has 0 bridgehead atoms. The Bertz CT molecular complexity index is 258. The van der Waals surface area contributed by atoms with Crippen LogP contribution in [-0.4, -0.2) is 13.2 Å². The summed E-state index contributed by atoms with van der Waals surface area (Å²) < 4.78 is 17.8. The lowest BCUT2D eigenvalue weighted by molar-refractivity contribution is 0.0853. The van der Waals surface area contributed by atoms with Gasteiger partial charge < -0.3 is 10.5 Å². The van der Waals surface area contributed by atoms with E-state index in [0.29, 0.717) is 0 Å². The average molecular weight is 183 g/mol. The SMILES string of the molecule is CO[C@H](c1ccc(F)cc1)[C@@H](C)N. The normalized spacial score (nSPS) is 15.4. The quantitative estimate of drug-likeness (QED) is 0.776. The summed E-state index contributed by atoms with van der Waals surface area (Å²) in [6, 6.07) is 6.09. The van der Waals surface area contributed by atoms with Crippen molar-refractivity contribution in [2.45, 2.75) is 19.1 Å². The molecule has 3 heteroatoms. The highest BCUT2D eigenvalue weighted by Crippen LogP contribution is 2.19. The molecule has 2 atom stereocenters. The topological polar surface area (TPSA) is 35.2 Å². The summed E-state index contributed by atoms with van der Waals surface area (Å²) in [7, 11) is 1.59. The van der Waals surface area contributed by atoms with Crippen LogP contribution in [0.1, 0.15) is 18.6 Å². The Morgan fingerprint density at radius 3 is 2.23 bits per heavy atom. The first kappa shape index (κ1) is 10.2. The van der Waals surface area contributed by atoms with Gasteiger partial charge in [0.1, 0.15) is 5.82 Å². The standard InChI is InChI=1S/C10H14FNO/c1-7(12)10(13-2)8-3-5-9(11)6-4-8/h3-7,10H,12H2,1-2H3/t7-,10+/m1/s1. The molecule has 0 fully saturated rings. The van der Waals surface area contributed by atoms with Crippen molar-refractivity contribution < 1.29 is 9.13 Å². The second kappa shape index (κ2) is 4.35. The van der Waals surface area contributed by atoms with E-state index in [4.69, 9.17) is 10.5 Å². The van der Waals surface area contributed by atoms with Crippen LogP contribution in [0.25, 0.3) is 0 Å². The molecule has 2 N–H and O–H groups in total. The maximum atomic E-state index is 12.6. The van der Waals surface area contributed by atoms with Gasteiger partial charge in [-0.3, -0.25) is 0 Å². The van der Waals surface area contributed by atoms with Crippen LogP contribution in [0.2, 0.25) is 0 Å². The zero-order valence-corrected chi connectivity index (χ0v) is 7.83. The third-order valence-electron chi connectivity index (χ3n) is 1.93. The molecule has 0 amide bonds. The van der Waals surface area contributed by atoms with Gasteiger partial charge in [-0.25, -0.2) is 4.39 Å². The first-order valence-electron chi connectivity index (χ1n) is 4.19. The Hall–Kier alpha value is -0.930. The molecule has 0 saturated heterocycles. The van der Waals surface area contributed by atoms with Gasteiger partial charge in [0, 0.05) is 13.2 Å². The summed E-state index contributed by atoms with van der Waals surface area (Å²) in [5, 5.41) is 0. The lowest BCUT2D eigenvalue weighted by atomic mass is 10.0. The third-order valence-corrected chi connectivity index (χ3v) is 1.93. The molecule has 13 heavy (non-hydrogen) atoms. The number of ether oxygens (including phenoxy) is 1. The largest absolute Gasteiger partial charge is 0.375 e. The summed E-state index contributed by atoms with van der Waals surface area (Å²) in [5.41, 5.74) is 6.60. The summed E-state index contributed by atoms with van der Waals surface area (Å²) in [6.07, 6.45) is -0.166. The summed E-state index contributed by atoms with van der Waals surface area (Å²) in [5.74, 6) is -0.247. The van der Waals surface area contributed by atoms with E-state index in [1.807, 2.05) is 6.92 Å². The van der Waals surface area contributed by atoms with Gasteiger partial charge in [0.05, 0.1) is 6.10 Å². The molecule has 0 aromatic heterocycles. The molecule has 0 spiro atoms. The molecule has 0 aliphatic heterocycles. The smallest absolute Gasteiger partial charge is 0.123 e. The first-order chi connectivity index (χ1) is 6.15. The van der Waals surface area contributed by atoms with Gasteiger partial charge in [0.15, 0.2) is 0 Å². The Morgan fingerprint density at radius 2 is 1.85 bits per heavy atom. The monoisotopic (exact) mass is 183 g/mol. The van der Waals surface area contributed by atoms with Crippen LogP contribution in [0.5, 0.6) is 0 Å². The number of nitrogens with two attached hydrogens (primary N) is 1. The fourth-order valence-electron chi connectivity index (χ4n) is 1.31. The minimum absolute atomic E-state index is 0.101. The molecule has 72 valence electrons. The van der Waals surface area contributed by atoms with Gasteiger partial charge in [-0.1, -0.05) is 12.1 Å². The highest BCUT2D eigenvalue weighted by Gasteiger charge is 2.14. The molecule has 1 rings (SSSR count). The number of methoxy groups -OCH3 is 1. The lowest BCUT2D eigenvalue weighted by Crippen LogP contribution is -2.26. The Kier molecular flexibility index (Phi) is 3.39. The van der Waals surface area contributed by atoms with Crippen LogP contribution >= 0.6 is 0 Å². The van der Waals surface area contributed by atoms with E-state index in [1.54, 1.807) is 19.2 Å². The van der Waals surface area contributed by atoms with Crippen molar-refractivity contribution in [1.29, 1.82) is 0 Å². The van der Waals surface area contributed by atoms with E-state index in [1.165, 1.54) is 12.1 Å². The molecule has 0 aliphatic carbocycles. The van der Waals surface area contributed by atoms with E-state index in [2.05, 4.69) is 0 Å². The van der Waals surface area contributed by atoms with Gasteiger partial charge in [-0.2, -0.15) is 0 Å². The summed E-state index contributed by atoms with van der Waals surface area (Å²) >= 11 is 0. The lowest BCUT2D eigenvalue weighted by Gasteiger charge is -2.19. The maximum absolute atomic E-state index is 12.6. The van der Waals surface area contributed by atoms with Crippen molar-refractivity contribution in [2.75, 3.05) is 7.11 Å². The average Bonchev–Trinajstić information content (AvgIpc) is 2.09. The van der Waals surface area contributed by atoms with E-state index in [-0.39, 0.29) is 18.0 Å². The van der Waals surface area contributed by atoms with Crippen molar-refractivity contribution in [3.05, 3.63) is 35.6 Å². The van der Waals surface area contributed by atoms with Gasteiger partial charge in [0.25, 0.3) is 0 Å². The highest BCUT2D eigenvalue weighted by atomic mass is 19.1. The highest BCUT2D eigenvalue weighted by molar-refractivity contribution is 5.19. The molecule has 1 aromatic rings. The molecule has 2 nitrogen and oxygen atoms in total. The molecular formula is C10H14FNO. The molecule has 0 aliphatic rings. The van der Waals surface area contributed by atoms with Crippen LogP contribution in [-0.2, 0) is 4.74 Å². The van der Waals surface area contributed by atoms with Crippen LogP contribution < -0.4 is 5.73 Å². The van der Waals surface area contributed by atoms with Gasteiger partial charge in [-0.15, -0.1) is 0 Å². The zero-order valence-electron chi connectivity index (χ0n) is 7.83. The fourth-order valence-corrected chi connectivity index (χ4v) is 1.31. The number of hydrogen-bond acceptors (Lipinski definition) is 2. The molecule has 0 saturated carbocycles. The molecular weight excluding hydrogens is 169 g/mol. The van der Waals surface area contributed by atoms with Gasteiger partial charge in [0.2, 0.25) is 0 Å². The zero-order chi connectivity index (χ0) is 9.84. The van der Waals surface area contributed by atoms with Crippen molar-refractivity contribution in [3.63, 3.8) is 0 Å². The van der Waals surface area contributed by atoms with E-state index in [0.717, 1.165) is 5.56 Å². The second-order valence-electron chi connectivity index (χ2n) is 3.07. The summed E-state index contributed by atoms with van der Waals surface area (Å²) in [4.78, 5) is 0. The molecule has 0 heterocycles. The molecule has 0 unspecified atom stereocenters. The van der Waals surface area contributed by atoms with Crippen molar-refractivity contribution in [3.8, 4) is 0 Å². The van der Waals surface area contributed by atoms with Crippen molar-refractivity contribution >= 4 is 0 Å². The Balaban J connectivity index is 2.86. The van der Waals surface area contributed by atoms with Crippen LogP contribution in [0.4, 0.5) is 4.39 Å². The van der Waals surface area contributed by atoms with Crippen LogP contribution in [0.3, 0.4) is 0 Å². The van der Waals surface area contributed by atoms with Crippen LogP contribution in [0, 0.1) is 5.82 Å². The minimum atomic E-state index is -0.247. The van der Waals surface area contributed by atoms with E-state index < -0.39 is 0 Å². The Morgan fingerprint density at radius 1 is 1.31 bits per heavy atom. The molecule has 1 aromatic carbocycles. The molecule has 0 radical (unpaired) electrons. The third kappa shape index (κ3) is 2.50. The predicted molar refractivity (Wildman–Crippen MR) is 49.8 cm³/mol. The maximum Gasteiger partial charge on any atom is 0.123 e.